The lowest BCUT2D eigenvalue weighted by atomic mass is 9.79. The highest BCUT2D eigenvalue weighted by Gasteiger charge is 2.34. The maximum Gasteiger partial charge on any atom is 0.412 e. The van der Waals surface area contributed by atoms with Gasteiger partial charge in [0.1, 0.15) is 0 Å². The number of rotatable bonds is 4. The number of halogens is 1. The summed E-state index contributed by atoms with van der Waals surface area (Å²) in [5.74, 6) is 1.64. The quantitative estimate of drug-likeness (QED) is 0.860. The first-order valence-electron chi connectivity index (χ1n) is 8.55. The molecule has 0 aliphatic carbocycles. The fourth-order valence-electron chi connectivity index (χ4n) is 3.76. The van der Waals surface area contributed by atoms with Gasteiger partial charge in [-0.2, -0.15) is 0 Å². The largest absolute Gasteiger partial charge is 0.449 e. The Hall–Kier alpha value is -1.63. The SMILES string of the molecule is O=C(Nc1ncsc1-c1ccccc1Cl)OCC1CN2CCC1CC2. The van der Waals surface area contributed by atoms with Crippen LogP contribution in [-0.2, 0) is 4.74 Å². The zero-order valence-corrected chi connectivity index (χ0v) is 15.4. The minimum Gasteiger partial charge on any atom is -0.449 e. The Kier molecular flexibility index (Phi) is 4.92. The molecule has 1 unspecified atom stereocenters. The Morgan fingerprint density at radius 1 is 1.36 bits per heavy atom. The average molecular weight is 378 g/mol. The Bertz CT molecular complexity index is 758. The molecule has 2 bridgehead atoms. The predicted molar refractivity (Wildman–Crippen MR) is 100 cm³/mol. The summed E-state index contributed by atoms with van der Waals surface area (Å²) in [6.07, 6.45) is 1.99. The van der Waals surface area contributed by atoms with Gasteiger partial charge in [-0.05, 0) is 37.9 Å². The highest BCUT2D eigenvalue weighted by atomic mass is 35.5. The maximum absolute atomic E-state index is 12.2. The van der Waals surface area contributed by atoms with E-state index >= 15 is 0 Å². The third-order valence-corrected chi connectivity index (χ3v) is 6.32. The molecule has 132 valence electrons. The van der Waals surface area contributed by atoms with E-state index in [9.17, 15) is 4.79 Å². The van der Waals surface area contributed by atoms with Crippen LogP contribution in [0, 0.1) is 11.8 Å². The number of nitrogens with zero attached hydrogens (tertiary/aromatic N) is 2. The number of aromatic nitrogens is 1. The number of piperidine rings is 3. The van der Waals surface area contributed by atoms with Gasteiger partial charge in [0.15, 0.2) is 5.82 Å². The molecule has 3 saturated heterocycles. The monoisotopic (exact) mass is 377 g/mol. The Morgan fingerprint density at radius 2 is 2.16 bits per heavy atom. The van der Waals surface area contributed by atoms with E-state index in [1.165, 1.54) is 37.3 Å². The summed E-state index contributed by atoms with van der Waals surface area (Å²) in [7, 11) is 0. The number of hydrogen-bond donors (Lipinski definition) is 1. The number of nitrogens with one attached hydrogen (secondary N) is 1. The first-order chi connectivity index (χ1) is 12.2. The fraction of sp³-hybridized carbons (Fsp3) is 0.444. The van der Waals surface area contributed by atoms with Crippen molar-refractivity contribution in [2.45, 2.75) is 12.8 Å². The highest BCUT2D eigenvalue weighted by molar-refractivity contribution is 7.14. The van der Waals surface area contributed by atoms with Gasteiger partial charge in [0, 0.05) is 23.0 Å². The van der Waals surface area contributed by atoms with Crippen LogP contribution >= 0.6 is 22.9 Å². The summed E-state index contributed by atoms with van der Waals surface area (Å²) in [5, 5.41) is 3.40. The molecule has 1 N–H and O–H groups in total. The van der Waals surface area contributed by atoms with E-state index in [4.69, 9.17) is 16.3 Å². The second kappa shape index (κ2) is 7.32. The smallest absolute Gasteiger partial charge is 0.412 e. The maximum atomic E-state index is 12.2. The molecule has 0 spiro atoms. The fourth-order valence-corrected chi connectivity index (χ4v) is 4.83. The molecule has 5 rings (SSSR count). The molecule has 3 fully saturated rings. The lowest BCUT2D eigenvalue weighted by molar-refractivity contribution is 0.0151. The Labute approximate surface area is 156 Å². The van der Waals surface area contributed by atoms with Gasteiger partial charge in [0.25, 0.3) is 0 Å². The minimum atomic E-state index is -0.448. The van der Waals surface area contributed by atoms with Crippen LogP contribution in [0.5, 0.6) is 0 Å². The molecule has 25 heavy (non-hydrogen) atoms. The molecule has 1 amide bonds. The molecule has 5 nitrogen and oxygen atoms in total. The van der Waals surface area contributed by atoms with Crippen molar-refractivity contribution in [1.82, 2.24) is 9.88 Å². The zero-order chi connectivity index (χ0) is 17.2. The normalized spacial score (nSPS) is 24.9. The van der Waals surface area contributed by atoms with Crippen LogP contribution in [0.1, 0.15) is 12.8 Å². The number of anilines is 1. The molecule has 3 aliphatic heterocycles. The molecule has 2 aromatic rings. The van der Waals surface area contributed by atoms with Gasteiger partial charge in [-0.3, -0.25) is 5.32 Å². The van der Waals surface area contributed by atoms with E-state index in [1.807, 2.05) is 24.3 Å². The van der Waals surface area contributed by atoms with Crippen molar-refractivity contribution < 1.29 is 9.53 Å². The molecule has 0 radical (unpaired) electrons. The third kappa shape index (κ3) is 3.66. The van der Waals surface area contributed by atoms with E-state index in [2.05, 4.69) is 15.2 Å². The van der Waals surface area contributed by atoms with Crippen LogP contribution in [0.15, 0.2) is 29.8 Å². The first kappa shape index (κ1) is 16.8. The highest BCUT2D eigenvalue weighted by Crippen LogP contribution is 2.36. The Morgan fingerprint density at radius 3 is 2.88 bits per heavy atom. The summed E-state index contributed by atoms with van der Waals surface area (Å²) < 4.78 is 5.48. The van der Waals surface area contributed by atoms with Crippen molar-refractivity contribution in [2.75, 3.05) is 31.6 Å². The van der Waals surface area contributed by atoms with E-state index in [0.29, 0.717) is 29.3 Å². The molecule has 3 aliphatic rings. The van der Waals surface area contributed by atoms with Crippen LogP contribution < -0.4 is 5.32 Å². The van der Waals surface area contributed by atoms with E-state index in [1.54, 1.807) is 5.51 Å². The summed E-state index contributed by atoms with van der Waals surface area (Å²) in [5.41, 5.74) is 2.56. The number of thiazole rings is 1. The molecular weight excluding hydrogens is 358 g/mol. The molecule has 7 heteroatoms. The molecule has 0 saturated carbocycles. The standard InChI is InChI=1S/C18H20ClN3O2S/c19-15-4-2-1-3-14(15)16-17(20-11-25-16)21-18(23)24-10-13-9-22-7-5-12(13)6-8-22/h1-4,11-13H,5-10H2,(H,21,23). The molecular formula is C18H20ClN3O2S. The van der Waals surface area contributed by atoms with E-state index < -0.39 is 6.09 Å². The molecule has 1 aromatic carbocycles. The van der Waals surface area contributed by atoms with Gasteiger partial charge >= 0.3 is 6.09 Å². The van der Waals surface area contributed by atoms with Gasteiger partial charge in [-0.25, -0.2) is 9.78 Å². The topological polar surface area (TPSA) is 54.5 Å². The second-order valence-electron chi connectivity index (χ2n) is 6.63. The van der Waals surface area contributed by atoms with Crippen molar-refractivity contribution in [1.29, 1.82) is 0 Å². The summed E-state index contributed by atoms with van der Waals surface area (Å²) >= 11 is 7.70. The molecule has 1 aromatic heterocycles. The van der Waals surface area contributed by atoms with Crippen molar-refractivity contribution in [3.8, 4) is 10.4 Å². The van der Waals surface area contributed by atoms with Gasteiger partial charge in [-0.15, -0.1) is 11.3 Å². The summed E-state index contributed by atoms with van der Waals surface area (Å²) in [6, 6.07) is 7.53. The van der Waals surface area contributed by atoms with Crippen molar-refractivity contribution in [2.24, 2.45) is 11.8 Å². The number of benzene rings is 1. The van der Waals surface area contributed by atoms with E-state index in [-0.39, 0.29) is 0 Å². The van der Waals surface area contributed by atoms with Crippen LogP contribution in [0.2, 0.25) is 5.02 Å². The van der Waals surface area contributed by atoms with Gasteiger partial charge in [-0.1, -0.05) is 29.8 Å². The summed E-state index contributed by atoms with van der Waals surface area (Å²) in [4.78, 5) is 19.8. The van der Waals surface area contributed by atoms with Crippen LogP contribution in [0.3, 0.4) is 0 Å². The lowest BCUT2D eigenvalue weighted by Gasteiger charge is -2.44. The van der Waals surface area contributed by atoms with Crippen molar-refractivity contribution in [3.05, 3.63) is 34.8 Å². The average Bonchev–Trinajstić information content (AvgIpc) is 3.09. The molecule has 1 atom stereocenters. The zero-order valence-electron chi connectivity index (χ0n) is 13.8. The third-order valence-electron chi connectivity index (χ3n) is 5.13. The van der Waals surface area contributed by atoms with Gasteiger partial charge in [0.05, 0.1) is 17.0 Å². The van der Waals surface area contributed by atoms with Gasteiger partial charge in [0.2, 0.25) is 0 Å². The first-order valence-corrected chi connectivity index (χ1v) is 9.81. The second-order valence-corrected chi connectivity index (χ2v) is 7.89. The molecule has 4 heterocycles. The van der Waals surface area contributed by atoms with Gasteiger partial charge < -0.3 is 9.64 Å². The minimum absolute atomic E-state index is 0.448. The Balaban J connectivity index is 1.37. The number of carbonyl (C=O) groups is 1. The number of fused-ring (bicyclic) bond motifs is 3. The number of carbonyl (C=O) groups excluding carboxylic acids is 1. The van der Waals surface area contributed by atoms with Crippen LogP contribution in [-0.4, -0.2) is 42.2 Å². The number of ether oxygens (including phenoxy) is 1. The predicted octanol–water partition coefficient (Wildman–Crippen LogP) is 4.35. The van der Waals surface area contributed by atoms with Crippen molar-refractivity contribution >= 4 is 34.8 Å². The lowest BCUT2D eigenvalue weighted by Crippen LogP contribution is -2.49. The van der Waals surface area contributed by atoms with Crippen LogP contribution in [0.25, 0.3) is 10.4 Å². The number of hydrogen-bond acceptors (Lipinski definition) is 5. The van der Waals surface area contributed by atoms with Crippen molar-refractivity contribution in [3.63, 3.8) is 0 Å². The van der Waals surface area contributed by atoms with E-state index in [0.717, 1.165) is 17.0 Å². The summed E-state index contributed by atoms with van der Waals surface area (Å²) in [6.45, 7) is 3.89. The number of amides is 1. The van der Waals surface area contributed by atoms with Crippen LogP contribution in [0.4, 0.5) is 10.6 Å².